The summed E-state index contributed by atoms with van der Waals surface area (Å²) in [5, 5.41) is 2.98. The number of carbonyl (C=O) groups excluding carboxylic acids is 2. The first-order valence-electron chi connectivity index (χ1n) is 5.43. The minimum absolute atomic E-state index is 0.0581. The Kier molecular flexibility index (Phi) is 4.55. The van der Waals surface area contributed by atoms with Gasteiger partial charge in [0.15, 0.2) is 0 Å². The number of nitrogens with one attached hydrogen (secondary N) is 1. The molecule has 0 aromatic rings. The minimum atomic E-state index is -0.295. The van der Waals surface area contributed by atoms with Crippen LogP contribution in [0.3, 0.4) is 0 Å². The fourth-order valence-electron chi connectivity index (χ4n) is 1.78. The zero-order valence-corrected chi connectivity index (χ0v) is 9.16. The third-order valence-electron chi connectivity index (χ3n) is 2.70. The zero-order valence-electron chi connectivity index (χ0n) is 9.16. The fraction of sp³-hybridized carbons (Fsp3) is 0.800. The van der Waals surface area contributed by atoms with Crippen molar-refractivity contribution < 1.29 is 9.59 Å². The smallest absolute Gasteiger partial charge is 0.236 e. The fourth-order valence-corrected chi connectivity index (χ4v) is 1.78. The van der Waals surface area contributed by atoms with Gasteiger partial charge in [-0.1, -0.05) is 6.92 Å². The van der Waals surface area contributed by atoms with E-state index in [4.69, 9.17) is 5.73 Å². The number of carbonyl (C=O) groups is 2. The highest BCUT2D eigenvalue weighted by Gasteiger charge is 2.26. The van der Waals surface area contributed by atoms with E-state index in [1.165, 1.54) is 0 Å². The molecular formula is C10H19N3O2. The standard InChI is InChI=1S/C10H19N3O2/c1-2-12-6-9(14)13-5-3-4-8(7-13)10(11)15/h8,12H,2-7H2,1H3,(H2,11,15). The molecule has 0 bridgehead atoms. The predicted octanol–water partition coefficient (Wildman–Crippen LogP) is -0.680. The number of rotatable bonds is 4. The summed E-state index contributed by atoms with van der Waals surface area (Å²) in [6.07, 6.45) is 1.67. The van der Waals surface area contributed by atoms with Gasteiger partial charge in [-0.2, -0.15) is 0 Å². The van der Waals surface area contributed by atoms with Crippen LogP contribution in [0.4, 0.5) is 0 Å². The van der Waals surface area contributed by atoms with E-state index >= 15 is 0 Å². The van der Waals surface area contributed by atoms with Crippen molar-refractivity contribution in [3.8, 4) is 0 Å². The Morgan fingerprint density at radius 3 is 2.87 bits per heavy atom. The molecule has 2 amide bonds. The molecule has 15 heavy (non-hydrogen) atoms. The van der Waals surface area contributed by atoms with E-state index < -0.39 is 0 Å². The van der Waals surface area contributed by atoms with E-state index in [-0.39, 0.29) is 17.7 Å². The summed E-state index contributed by atoms with van der Waals surface area (Å²) in [5.74, 6) is -0.400. The molecule has 1 unspecified atom stereocenters. The molecule has 0 radical (unpaired) electrons. The number of nitrogens with zero attached hydrogens (tertiary/aromatic N) is 1. The second-order valence-electron chi connectivity index (χ2n) is 3.86. The van der Waals surface area contributed by atoms with Crippen molar-refractivity contribution in [1.29, 1.82) is 0 Å². The highest BCUT2D eigenvalue weighted by atomic mass is 16.2. The van der Waals surface area contributed by atoms with Gasteiger partial charge in [-0.25, -0.2) is 0 Å². The van der Waals surface area contributed by atoms with E-state index in [0.29, 0.717) is 13.1 Å². The van der Waals surface area contributed by atoms with Gasteiger partial charge >= 0.3 is 0 Å². The summed E-state index contributed by atoms with van der Waals surface area (Å²) in [7, 11) is 0. The second-order valence-corrected chi connectivity index (χ2v) is 3.86. The number of likely N-dealkylation sites (tertiary alicyclic amines) is 1. The predicted molar refractivity (Wildman–Crippen MR) is 57.0 cm³/mol. The largest absolute Gasteiger partial charge is 0.369 e. The Morgan fingerprint density at radius 2 is 2.27 bits per heavy atom. The number of hydrogen-bond acceptors (Lipinski definition) is 3. The van der Waals surface area contributed by atoms with Crippen molar-refractivity contribution in [2.24, 2.45) is 11.7 Å². The lowest BCUT2D eigenvalue weighted by molar-refractivity contribution is -0.134. The average Bonchev–Trinajstić information content (AvgIpc) is 2.26. The van der Waals surface area contributed by atoms with Gasteiger partial charge < -0.3 is 16.0 Å². The number of nitrogens with two attached hydrogens (primary N) is 1. The molecular weight excluding hydrogens is 194 g/mol. The van der Waals surface area contributed by atoms with Crippen LogP contribution in [-0.2, 0) is 9.59 Å². The van der Waals surface area contributed by atoms with Crippen LogP contribution in [0.1, 0.15) is 19.8 Å². The monoisotopic (exact) mass is 213 g/mol. The van der Waals surface area contributed by atoms with E-state index in [0.717, 1.165) is 25.9 Å². The van der Waals surface area contributed by atoms with Crippen LogP contribution < -0.4 is 11.1 Å². The molecule has 0 aromatic carbocycles. The molecule has 1 saturated heterocycles. The molecule has 1 fully saturated rings. The number of likely N-dealkylation sites (N-methyl/N-ethyl adjacent to an activating group) is 1. The third-order valence-corrected chi connectivity index (χ3v) is 2.70. The summed E-state index contributed by atoms with van der Waals surface area (Å²) in [6, 6.07) is 0. The molecule has 1 aliphatic heterocycles. The first-order chi connectivity index (χ1) is 7.15. The molecule has 5 heteroatoms. The van der Waals surface area contributed by atoms with Crippen molar-refractivity contribution in [1.82, 2.24) is 10.2 Å². The van der Waals surface area contributed by atoms with Gasteiger partial charge in [0.2, 0.25) is 11.8 Å². The molecule has 86 valence electrons. The normalized spacial score (nSPS) is 21.4. The van der Waals surface area contributed by atoms with Crippen molar-refractivity contribution >= 4 is 11.8 Å². The lowest BCUT2D eigenvalue weighted by Gasteiger charge is -2.31. The lowest BCUT2D eigenvalue weighted by atomic mass is 9.97. The second kappa shape index (κ2) is 5.70. The summed E-state index contributed by atoms with van der Waals surface area (Å²) < 4.78 is 0. The van der Waals surface area contributed by atoms with Crippen LogP contribution >= 0.6 is 0 Å². The SMILES string of the molecule is CCNCC(=O)N1CCCC(C(N)=O)C1. The third kappa shape index (κ3) is 3.51. The lowest BCUT2D eigenvalue weighted by Crippen LogP contribution is -2.46. The Labute approximate surface area is 90.0 Å². The quantitative estimate of drug-likeness (QED) is 0.649. The zero-order chi connectivity index (χ0) is 11.3. The van der Waals surface area contributed by atoms with Gasteiger partial charge in [0.1, 0.15) is 0 Å². The molecule has 1 aliphatic rings. The first kappa shape index (κ1) is 12.0. The minimum Gasteiger partial charge on any atom is -0.369 e. The molecule has 3 N–H and O–H groups in total. The van der Waals surface area contributed by atoms with Gasteiger partial charge in [-0.3, -0.25) is 9.59 Å². The Bertz CT molecular complexity index is 243. The topological polar surface area (TPSA) is 75.4 Å². The maximum Gasteiger partial charge on any atom is 0.236 e. The van der Waals surface area contributed by atoms with Gasteiger partial charge in [0.05, 0.1) is 12.5 Å². The van der Waals surface area contributed by atoms with Crippen LogP contribution in [0.5, 0.6) is 0 Å². The summed E-state index contributed by atoms with van der Waals surface area (Å²) in [6.45, 7) is 4.31. The molecule has 0 saturated carbocycles. The van der Waals surface area contributed by atoms with Gasteiger partial charge in [-0.05, 0) is 19.4 Å². The maximum absolute atomic E-state index is 11.6. The van der Waals surface area contributed by atoms with Crippen LogP contribution in [0, 0.1) is 5.92 Å². The number of amides is 2. The van der Waals surface area contributed by atoms with Crippen molar-refractivity contribution in [2.75, 3.05) is 26.2 Å². The van der Waals surface area contributed by atoms with E-state index in [2.05, 4.69) is 5.32 Å². The number of hydrogen-bond donors (Lipinski definition) is 2. The molecule has 1 heterocycles. The highest BCUT2D eigenvalue weighted by molar-refractivity contribution is 5.81. The number of piperidine rings is 1. The van der Waals surface area contributed by atoms with Crippen LogP contribution in [0.2, 0.25) is 0 Å². The Balaban J connectivity index is 2.41. The van der Waals surface area contributed by atoms with Crippen LogP contribution in [0.15, 0.2) is 0 Å². The van der Waals surface area contributed by atoms with Crippen LogP contribution in [-0.4, -0.2) is 42.9 Å². The Morgan fingerprint density at radius 1 is 1.53 bits per heavy atom. The Hall–Kier alpha value is -1.10. The molecule has 1 atom stereocenters. The molecule has 0 spiro atoms. The van der Waals surface area contributed by atoms with Crippen LogP contribution in [0.25, 0.3) is 0 Å². The van der Waals surface area contributed by atoms with Gasteiger partial charge in [0.25, 0.3) is 0 Å². The molecule has 0 aromatic heterocycles. The van der Waals surface area contributed by atoms with E-state index in [1.807, 2.05) is 6.92 Å². The summed E-state index contributed by atoms with van der Waals surface area (Å²) in [5.41, 5.74) is 5.24. The van der Waals surface area contributed by atoms with Crippen molar-refractivity contribution in [2.45, 2.75) is 19.8 Å². The number of primary amides is 1. The maximum atomic E-state index is 11.6. The summed E-state index contributed by atoms with van der Waals surface area (Å²) >= 11 is 0. The van der Waals surface area contributed by atoms with E-state index in [9.17, 15) is 9.59 Å². The van der Waals surface area contributed by atoms with E-state index in [1.54, 1.807) is 4.90 Å². The van der Waals surface area contributed by atoms with Crippen molar-refractivity contribution in [3.63, 3.8) is 0 Å². The molecule has 0 aliphatic carbocycles. The molecule has 5 nitrogen and oxygen atoms in total. The highest BCUT2D eigenvalue weighted by Crippen LogP contribution is 2.15. The average molecular weight is 213 g/mol. The van der Waals surface area contributed by atoms with Gasteiger partial charge in [0, 0.05) is 13.1 Å². The van der Waals surface area contributed by atoms with Gasteiger partial charge in [-0.15, -0.1) is 0 Å². The summed E-state index contributed by atoms with van der Waals surface area (Å²) in [4.78, 5) is 24.4. The molecule has 1 rings (SSSR count). The van der Waals surface area contributed by atoms with Crippen molar-refractivity contribution in [3.05, 3.63) is 0 Å². The first-order valence-corrected chi connectivity index (χ1v) is 5.43.